The molecule has 0 bridgehead atoms. The molecule has 1 aliphatic heterocycles. The van der Waals surface area contributed by atoms with Crippen molar-refractivity contribution >= 4 is 14.9 Å². The van der Waals surface area contributed by atoms with E-state index in [4.69, 9.17) is 4.84 Å². The average molecular weight is 370 g/mol. The zero-order chi connectivity index (χ0) is 18.5. The highest BCUT2D eigenvalue weighted by molar-refractivity contribution is 8.05. The maximum Gasteiger partial charge on any atom is 0.418 e. The normalized spacial score (nSPS) is 17.5. The smallest absolute Gasteiger partial charge is 0.389 e. The lowest BCUT2D eigenvalue weighted by Crippen LogP contribution is -2.29. The van der Waals surface area contributed by atoms with Crippen LogP contribution in [-0.2, 0) is 33.7 Å². The fraction of sp³-hybridized carbons (Fsp3) is 0.538. The third-order valence-corrected chi connectivity index (χ3v) is 5.00. The third-order valence-electron chi connectivity index (χ3n) is 3.39. The molecule has 1 aliphatic rings. The molecule has 0 aromatic carbocycles. The first-order valence-electron chi connectivity index (χ1n) is 6.67. The van der Waals surface area contributed by atoms with Gasteiger partial charge in [0.05, 0.1) is 11.3 Å². The summed E-state index contributed by atoms with van der Waals surface area (Å²) in [7, 11) is -3.44. The summed E-state index contributed by atoms with van der Waals surface area (Å²) in [6, 6.07) is 0. The molecule has 24 heavy (non-hydrogen) atoms. The van der Waals surface area contributed by atoms with E-state index in [2.05, 4.69) is 5.16 Å². The van der Waals surface area contributed by atoms with Crippen molar-refractivity contribution in [3.63, 3.8) is 0 Å². The van der Waals surface area contributed by atoms with E-state index in [1.165, 1.54) is 0 Å². The summed E-state index contributed by atoms with van der Waals surface area (Å²) >= 11 is 0. The van der Waals surface area contributed by atoms with Crippen molar-refractivity contribution in [2.24, 2.45) is 12.2 Å². The van der Waals surface area contributed by atoms with E-state index in [-0.39, 0.29) is 6.42 Å². The highest BCUT2D eigenvalue weighted by Gasteiger charge is 2.41. The monoisotopic (exact) mass is 370 g/mol. The van der Waals surface area contributed by atoms with Crippen molar-refractivity contribution in [3.8, 4) is 0 Å². The molecule has 0 saturated carbocycles. The number of oxime groups is 1. The Morgan fingerprint density at radius 3 is 2.42 bits per heavy atom. The van der Waals surface area contributed by atoms with Gasteiger partial charge in [0, 0.05) is 25.2 Å². The fourth-order valence-corrected chi connectivity index (χ4v) is 3.71. The summed E-state index contributed by atoms with van der Waals surface area (Å²) in [6.07, 6.45) is -4.82. The zero-order valence-corrected chi connectivity index (χ0v) is 13.8. The highest BCUT2D eigenvalue weighted by Crippen LogP contribution is 2.34. The largest absolute Gasteiger partial charge is 0.418 e. The third kappa shape index (κ3) is 3.45. The lowest BCUT2D eigenvalue weighted by molar-refractivity contribution is -0.138. The molecular formula is C13H14F4N2O4S. The van der Waals surface area contributed by atoms with Gasteiger partial charge in [-0.15, -0.1) is 0 Å². The summed E-state index contributed by atoms with van der Waals surface area (Å²) in [6.45, 7) is 3.08. The Hall–Kier alpha value is -1.91. The molecule has 1 aromatic rings. The van der Waals surface area contributed by atoms with E-state index in [1.807, 2.05) is 0 Å². The van der Waals surface area contributed by atoms with E-state index in [9.17, 15) is 30.8 Å². The predicted octanol–water partition coefficient (Wildman–Crippen LogP) is 1.97. The minimum Gasteiger partial charge on any atom is -0.389 e. The number of aromatic nitrogens is 1. The minimum absolute atomic E-state index is 0.164. The molecule has 0 N–H and O–H groups in total. The minimum atomic E-state index is -5.02. The highest BCUT2D eigenvalue weighted by atomic mass is 32.2. The number of hydrogen-bond donors (Lipinski definition) is 0. The van der Waals surface area contributed by atoms with Gasteiger partial charge >= 0.3 is 6.18 Å². The molecule has 0 atom stereocenters. The molecule has 0 unspecified atom stereocenters. The van der Waals surface area contributed by atoms with Crippen molar-refractivity contribution in [1.82, 2.24) is 4.57 Å². The average Bonchev–Trinajstić information content (AvgIpc) is 2.79. The second kappa shape index (κ2) is 5.57. The second-order valence-electron chi connectivity index (χ2n) is 6.02. The Kier molecular flexibility index (Phi) is 4.28. The number of rotatable bonds is 2. The maximum atomic E-state index is 14.1. The number of sulfone groups is 1. The first-order chi connectivity index (χ1) is 10.7. The van der Waals surface area contributed by atoms with Crippen LogP contribution in [0.25, 0.3) is 0 Å². The molecule has 0 amide bonds. The van der Waals surface area contributed by atoms with Crippen LogP contribution in [-0.4, -0.2) is 23.6 Å². The van der Waals surface area contributed by atoms with Crippen molar-refractivity contribution in [2.75, 3.05) is 0 Å². The first kappa shape index (κ1) is 18.4. The van der Waals surface area contributed by atoms with Gasteiger partial charge in [-0.05, 0) is 13.8 Å². The van der Waals surface area contributed by atoms with Crippen LogP contribution in [0.3, 0.4) is 0 Å². The molecular weight excluding hydrogens is 356 g/mol. The number of halogens is 4. The summed E-state index contributed by atoms with van der Waals surface area (Å²) in [4.78, 5) is 16.4. The Morgan fingerprint density at radius 1 is 1.38 bits per heavy atom. The van der Waals surface area contributed by atoms with Gasteiger partial charge in [-0.2, -0.15) is 13.2 Å². The van der Waals surface area contributed by atoms with Crippen molar-refractivity contribution in [1.29, 1.82) is 0 Å². The van der Waals surface area contributed by atoms with E-state index < -0.39 is 54.9 Å². The van der Waals surface area contributed by atoms with Crippen LogP contribution >= 0.6 is 0 Å². The summed E-state index contributed by atoms with van der Waals surface area (Å²) in [5, 5.41) is 2.87. The van der Waals surface area contributed by atoms with E-state index >= 15 is 0 Å². The van der Waals surface area contributed by atoms with Crippen LogP contribution in [0.1, 0.15) is 31.4 Å². The quantitative estimate of drug-likeness (QED) is 0.746. The number of aryl methyl sites for hydroxylation is 1. The molecule has 6 nitrogen and oxygen atoms in total. The lowest BCUT2D eigenvalue weighted by Gasteiger charge is -2.15. The van der Waals surface area contributed by atoms with Crippen molar-refractivity contribution < 1.29 is 30.8 Å². The van der Waals surface area contributed by atoms with Gasteiger partial charge < -0.3 is 9.40 Å². The SMILES string of the molecule is Cn1cc(C(F)(F)F)c(CS(=O)(=O)C2=NOC(C)(C)C2)c(F)c1=O. The standard InChI is InChI=1S/C13H14F4N2O4S/c1-12(2)4-9(18-23-12)24(21,22)6-7-8(13(15,16)17)5-19(3)11(20)10(7)14/h5H,4,6H2,1-3H3. The van der Waals surface area contributed by atoms with Crippen LogP contribution in [0.2, 0.25) is 0 Å². The number of nitrogens with zero attached hydrogens (tertiary/aromatic N) is 2. The molecule has 134 valence electrons. The summed E-state index contributed by atoms with van der Waals surface area (Å²) < 4.78 is 78.2. The van der Waals surface area contributed by atoms with Gasteiger partial charge in [0.1, 0.15) is 5.60 Å². The number of hydrogen-bond acceptors (Lipinski definition) is 5. The van der Waals surface area contributed by atoms with E-state index in [0.29, 0.717) is 10.8 Å². The molecule has 2 heterocycles. The lowest BCUT2D eigenvalue weighted by atomic mass is 10.1. The summed E-state index contributed by atoms with van der Waals surface area (Å²) in [5.74, 6) is -3.09. The molecule has 1 aromatic heterocycles. The predicted molar refractivity (Wildman–Crippen MR) is 76.5 cm³/mol. The van der Waals surface area contributed by atoms with Crippen LogP contribution in [0, 0.1) is 5.82 Å². The Balaban J connectivity index is 2.54. The van der Waals surface area contributed by atoms with Gasteiger partial charge in [-0.25, -0.2) is 12.8 Å². The van der Waals surface area contributed by atoms with Crippen LogP contribution in [0.4, 0.5) is 17.6 Å². The first-order valence-corrected chi connectivity index (χ1v) is 8.33. The Labute approximate surface area is 134 Å². The molecule has 2 rings (SSSR count). The van der Waals surface area contributed by atoms with Gasteiger partial charge in [-0.1, -0.05) is 5.16 Å². The molecule has 0 aliphatic carbocycles. The summed E-state index contributed by atoms with van der Waals surface area (Å²) in [5.41, 5.74) is -5.03. The Bertz CT molecular complexity index is 869. The number of alkyl halides is 3. The van der Waals surface area contributed by atoms with Gasteiger partial charge in [0.15, 0.2) is 20.7 Å². The topological polar surface area (TPSA) is 77.7 Å². The Morgan fingerprint density at radius 2 is 1.96 bits per heavy atom. The van der Waals surface area contributed by atoms with Crippen LogP contribution < -0.4 is 5.56 Å². The van der Waals surface area contributed by atoms with Crippen LogP contribution in [0.5, 0.6) is 0 Å². The van der Waals surface area contributed by atoms with Gasteiger partial charge in [-0.3, -0.25) is 4.79 Å². The zero-order valence-electron chi connectivity index (χ0n) is 12.9. The number of pyridine rings is 1. The van der Waals surface area contributed by atoms with E-state index in [0.717, 1.165) is 7.05 Å². The van der Waals surface area contributed by atoms with Crippen molar-refractivity contribution in [3.05, 3.63) is 33.5 Å². The van der Waals surface area contributed by atoms with Gasteiger partial charge in [0.2, 0.25) is 0 Å². The van der Waals surface area contributed by atoms with Gasteiger partial charge in [0.25, 0.3) is 5.56 Å². The fourth-order valence-electron chi connectivity index (χ4n) is 2.16. The van der Waals surface area contributed by atoms with E-state index in [1.54, 1.807) is 13.8 Å². The maximum absolute atomic E-state index is 14.1. The molecule has 0 fully saturated rings. The van der Waals surface area contributed by atoms with Crippen LogP contribution in [0.15, 0.2) is 16.1 Å². The molecule has 0 spiro atoms. The second-order valence-corrected chi connectivity index (χ2v) is 8.01. The van der Waals surface area contributed by atoms with Crippen molar-refractivity contribution in [2.45, 2.75) is 37.8 Å². The molecule has 11 heteroatoms. The molecule has 0 radical (unpaired) electrons. The molecule has 0 saturated heterocycles.